The first kappa shape index (κ1) is 13.5. The Balaban J connectivity index is 1.98. The van der Waals surface area contributed by atoms with Crippen LogP contribution in [0.15, 0.2) is 12.1 Å². The zero-order valence-corrected chi connectivity index (χ0v) is 11.6. The van der Waals surface area contributed by atoms with Gasteiger partial charge in [-0.3, -0.25) is 15.1 Å². The van der Waals surface area contributed by atoms with Crippen molar-refractivity contribution in [3.8, 4) is 0 Å². The van der Waals surface area contributed by atoms with E-state index in [-0.39, 0.29) is 5.91 Å². The van der Waals surface area contributed by atoms with Crippen molar-refractivity contribution in [1.82, 2.24) is 10.3 Å². The lowest BCUT2D eigenvalue weighted by Crippen LogP contribution is -2.32. The predicted octanol–water partition coefficient (Wildman–Crippen LogP) is 2.12. The van der Waals surface area contributed by atoms with Gasteiger partial charge in [0.05, 0.1) is 4.88 Å². The number of nitrogens with one attached hydrogen (secondary N) is 1. The second-order valence-corrected chi connectivity index (χ2v) is 5.91. The minimum Gasteiger partial charge on any atom is -0.296 e. The van der Waals surface area contributed by atoms with E-state index in [4.69, 9.17) is 5.84 Å². The molecule has 0 unspecified atom stereocenters. The number of nitrogens with two attached hydrogens (primary N) is 1. The molecule has 1 amide bonds. The van der Waals surface area contributed by atoms with Crippen LogP contribution in [0.5, 0.6) is 0 Å². The molecule has 0 bridgehead atoms. The number of carbonyl (C=O) groups excluding carboxylic acids is 1. The standard InChI is InChI=1S/C13H21N3OS/c1-2-16(10-5-3-4-6-10)9-11-7-8-12(18-11)13(17)15-14/h7-8,10H,2-6,9,14H2,1H3,(H,15,17). The fourth-order valence-corrected chi connectivity index (χ4v) is 3.56. The maximum atomic E-state index is 11.4. The molecule has 1 fully saturated rings. The lowest BCUT2D eigenvalue weighted by molar-refractivity contribution is 0.0957. The summed E-state index contributed by atoms with van der Waals surface area (Å²) in [6.45, 7) is 4.23. The topological polar surface area (TPSA) is 58.4 Å². The van der Waals surface area contributed by atoms with Crippen molar-refractivity contribution in [2.45, 2.75) is 45.2 Å². The Hall–Kier alpha value is -0.910. The van der Waals surface area contributed by atoms with E-state index in [9.17, 15) is 4.79 Å². The average Bonchev–Trinajstić information content (AvgIpc) is 3.05. The van der Waals surface area contributed by atoms with Crippen molar-refractivity contribution in [3.63, 3.8) is 0 Å². The fourth-order valence-electron chi connectivity index (χ4n) is 2.62. The number of nitrogens with zero attached hydrogens (tertiary/aromatic N) is 1. The molecule has 1 aromatic heterocycles. The first-order valence-electron chi connectivity index (χ1n) is 6.58. The van der Waals surface area contributed by atoms with Crippen LogP contribution in [0.1, 0.15) is 47.2 Å². The van der Waals surface area contributed by atoms with Crippen LogP contribution in [0.4, 0.5) is 0 Å². The van der Waals surface area contributed by atoms with E-state index >= 15 is 0 Å². The number of hydrogen-bond donors (Lipinski definition) is 2. The molecule has 0 aliphatic heterocycles. The van der Waals surface area contributed by atoms with Crippen molar-refractivity contribution >= 4 is 17.2 Å². The molecule has 2 rings (SSSR count). The van der Waals surface area contributed by atoms with Gasteiger partial charge in [-0.1, -0.05) is 19.8 Å². The number of amides is 1. The molecule has 1 heterocycles. The summed E-state index contributed by atoms with van der Waals surface area (Å²) < 4.78 is 0. The summed E-state index contributed by atoms with van der Waals surface area (Å²) in [7, 11) is 0. The first-order chi connectivity index (χ1) is 8.74. The zero-order valence-electron chi connectivity index (χ0n) is 10.8. The Morgan fingerprint density at radius 2 is 2.22 bits per heavy atom. The molecule has 4 nitrogen and oxygen atoms in total. The summed E-state index contributed by atoms with van der Waals surface area (Å²) >= 11 is 1.53. The summed E-state index contributed by atoms with van der Waals surface area (Å²) in [4.78, 5) is 15.8. The molecule has 18 heavy (non-hydrogen) atoms. The molecule has 3 N–H and O–H groups in total. The number of carbonyl (C=O) groups is 1. The van der Waals surface area contributed by atoms with E-state index < -0.39 is 0 Å². The van der Waals surface area contributed by atoms with E-state index in [0.29, 0.717) is 4.88 Å². The van der Waals surface area contributed by atoms with Gasteiger partial charge < -0.3 is 0 Å². The zero-order chi connectivity index (χ0) is 13.0. The van der Waals surface area contributed by atoms with Crippen LogP contribution in [0.3, 0.4) is 0 Å². The summed E-state index contributed by atoms with van der Waals surface area (Å²) in [5.41, 5.74) is 2.17. The lowest BCUT2D eigenvalue weighted by atomic mass is 10.2. The van der Waals surface area contributed by atoms with Crippen molar-refractivity contribution in [3.05, 3.63) is 21.9 Å². The van der Waals surface area contributed by atoms with E-state index in [0.717, 1.165) is 19.1 Å². The highest BCUT2D eigenvalue weighted by atomic mass is 32.1. The van der Waals surface area contributed by atoms with Gasteiger partial charge in [0.25, 0.3) is 5.91 Å². The molecule has 1 saturated carbocycles. The molecular formula is C13H21N3OS. The third-order valence-corrected chi connectivity index (χ3v) is 4.69. The third-order valence-electron chi connectivity index (χ3n) is 3.62. The largest absolute Gasteiger partial charge is 0.296 e. The maximum Gasteiger partial charge on any atom is 0.275 e. The highest BCUT2D eigenvalue weighted by molar-refractivity contribution is 7.14. The van der Waals surface area contributed by atoms with Gasteiger partial charge in [-0.15, -0.1) is 11.3 Å². The molecule has 1 aromatic rings. The summed E-state index contributed by atoms with van der Waals surface area (Å²) in [5, 5.41) is 0. The molecule has 0 radical (unpaired) electrons. The first-order valence-corrected chi connectivity index (χ1v) is 7.40. The van der Waals surface area contributed by atoms with Crippen molar-refractivity contribution in [1.29, 1.82) is 0 Å². The fraction of sp³-hybridized carbons (Fsp3) is 0.615. The molecule has 1 aliphatic rings. The van der Waals surface area contributed by atoms with Crippen LogP contribution in [-0.4, -0.2) is 23.4 Å². The van der Waals surface area contributed by atoms with Gasteiger partial charge in [0, 0.05) is 17.5 Å². The minimum absolute atomic E-state index is 0.199. The summed E-state index contributed by atoms with van der Waals surface area (Å²) in [6.07, 6.45) is 5.34. The Kier molecular flexibility index (Phi) is 4.74. The van der Waals surface area contributed by atoms with Crippen LogP contribution in [0.25, 0.3) is 0 Å². The average molecular weight is 267 g/mol. The number of thiophene rings is 1. The van der Waals surface area contributed by atoms with E-state index in [1.54, 1.807) is 0 Å². The number of rotatable bonds is 5. The van der Waals surface area contributed by atoms with Crippen molar-refractivity contribution < 1.29 is 4.79 Å². The molecule has 0 aromatic carbocycles. The quantitative estimate of drug-likeness (QED) is 0.488. The second-order valence-electron chi connectivity index (χ2n) is 4.74. The van der Waals surface area contributed by atoms with E-state index in [1.165, 1.54) is 41.9 Å². The molecular weight excluding hydrogens is 246 g/mol. The second kappa shape index (κ2) is 6.31. The molecule has 0 spiro atoms. The highest BCUT2D eigenvalue weighted by Crippen LogP contribution is 2.26. The molecule has 0 saturated heterocycles. The number of hydrazine groups is 1. The van der Waals surface area contributed by atoms with E-state index in [1.807, 2.05) is 12.1 Å². The van der Waals surface area contributed by atoms with Gasteiger partial charge in [-0.25, -0.2) is 5.84 Å². The van der Waals surface area contributed by atoms with Gasteiger partial charge in [0.1, 0.15) is 0 Å². The van der Waals surface area contributed by atoms with Crippen LogP contribution in [-0.2, 0) is 6.54 Å². The highest BCUT2D eigenvalue weighted by Gasteiger charge is 2.22. The summed E-state index contributed by atoms with van der Waals surface area (Å²) in [5.74, 6) is 4.94. The Morgan fingerprint density at radius 3 is 2.83 bits per heavy atom. The molecule has 5 heteroatoms. The number of hydrogen-bond acceptors (Lipinski definition) is 4. The van der Waals surface area contributed by atoms with Gasteiger partial charge >= 0.3 is 0 Å². The molecule has 0 atom stereocenters. The Morgan fingerprint density at radius 1 is 1.50 bits per heavy atom. The monoisotopic (exact) mass is 267 g/mol. The Labute approximate surface area is 112 Å². The van der Waals surface area contributed by atoms with Crippen LogP contribution >= 0.6 is 11.3 Å². The van der Waals surface area contributed by atoms with Crippen molar-refractivity contribution in [2.75, 3.05) is 6.54 Å². The SMILES string of the molecule is CCN(Cc1ccc(C(=O)NN)s1)C1CCCC1. The van der Waals surface area contributed by atoms with Gasteiger partial charge in [0.15, 0.2) is 0 Å². The van der Waals surface area contributed by atoms with Crippen LogP contribution in [0.2, 0.25) is 0 Å². The predicted molar refractivity (Wildman–Crippen MR) is 74.3 cm³/mol. The van der Waals surface area contributed by atoms with Crippen molar-refractivity contribution in [2.24, 2.45) is 5.84 Å². The van der Waals surface area contributed by atoms with Crippen LogP contribution in [0, 0.1) is 0 Å². The Bertz CT molecular complexity index is 399. The maximum absolute atomic E-state index is 11.4. The third kappa shape index (κ3) is 3.10. The van der Waals surface area contributed by atoms with Gasteiger partial charge in [-0.05, 0) is 31.5 Å². The normalized spacial score (nSPS) is 16.4. The molecule has 1 aliphatic carbocycles. The lowest BCUT2D eigenvalue weighted by Gasteiger charge is -2.26. The summed E-state index contributed by atoms with van der Waals surface area (Å²) in [6, 6.07) is 4.61. The van der Waals surface area contributed by atoms with Crippen LogP contribution < -0.4 is 11.3 Å². The number of nitrogen functional groups attached to an aromatic ring is 1. The van der Waals surface area contributed by atoms with E-state index in [2.05, 4.69) is 17.2 Å². The smallest absolute Gasteiger partial charge is 0.275 e. The minimum atomic E-state index is -0.199. The van der Waals surface area contributed by atoms with Gasteiger partial charge in [-0.2, -0.15) is 0 Å². The van der Waals surface area contributed by atoms with Gasteiger partial charge in [0.2, 0.25) is 0 Å². The molecule has 100 valence electrons.